The zero-order valence-corrected chi connectivity index (χ0v) is 16.1. The molecular weight excluding hydrogens is 370 g/mol. The van der Waals surface area contributed by atoms with Crippen molar-refractivity contribution in [1.29, 1.82) is 0 Å². The summed E-state index contributed by atoms with van der Waals surface area (Å²) in [6, 6.07) is 22.8. The van der Waals surface area contributed by atoms with Crippen molar-refractivity contribution in [3.05, 3.63) is 83.9 Å². The number of rotatable bonds is 6. The fourth-order valence-corrected chi connectivity index (χ4v) is 3.53. The Balaban J connectivity index is 1.66. The zero-order valence-electron chi connectivity index (χ0n) is 15.3. The minimum atomic E-state index is -0.219. The van der Waals surface area contributed by atoms with Crippen LogP contribution in [0.3, 0.4) is 0 Å². The number of ether oxygens (including phenoxy) is 1. The molecular formula is C22H19N3O2S. The first-order valence-electron chi connectivity index (χ1n) is 8.98. The minimum absolute atomic E-state index is 0.219. The molecule has 0 atom stereocenters. The minimum Gasteiger partial charge on any atom is -0.494 e. The van der Waals surface area contributed by atoms with E-state index in [0.717, 1.165) is 22.0 Å². The van der Waals surface area contributed by atoms with Crippen LogP contribution in [0.5, 0.6) is 5.75 Å². The van der Waals surface area contributed by atoms with Crippen LogP contribution in [0.15, 0.2) is 78.2 Å². The molecule has 2 aromatic carbocycles. The molecule has 2 heterocycles. The van der Waals surface area contributed by atoms with Crippen LogP contribution in [0.25, 0.3) is 16.3 Å². The third kappa shape index (κ3) is 3.82. The first-order valence-corrected chi connectivity index (χ1v) is 9.86. The van der Waals surface area contributed by atoms with E-state index in [4.69, 9.17) is 4.74 Å². The number of thiophene rings is 1. The van der Waals surface area contributed by atoms with E-state index in [0.29, 0.717) is 18.0 Å². The van der Waals surface area contributed by atoms with E-state index in [1.54, 1.807) is 16.0 Å². The summed E-state index contributed by atoms with van der Waals surface area (Å²) >= 11 is 1.59. The van der Waals surface area contributed by atoms with Crippen molar-refractivity contribution < 1.29 is 9.53 Å². The predicted octanol–water partition coefficient (Wildman–Crippen LogP) is 5.25. The molecule has 0 spiro atoms. The van der Waals surface area contributed by atoms with Gasteiger partial charge in [0.25, 0.3) is 5.91 Å². The number of hydrogen-bond donors (Lipinski definition) is 1. The molecule has 1 amide bonds. The van der Waals surface area contributed by atoms with Crippen LogP contribution < -0.4 is 10.1 Å². The molecule has 0 bridgehead atoms. The number of aromatic nitrogens is 2. The number of carbonyl (C=O) groups excluding carboxylic acids is 1. The van der Waals surface area contributed by atoms with Crippen molar-refractivity contribution >= 4 is 22.9 Å². The van der Waals surface area contributed by atoms with Gasteiger partial charge in [0.1, 0.15) is 17.1 Å². The highest BCUT2D eigenvalue weighted by Crippen LogP contribution is 2.26. The summed E-state index contributed by atoms with van der Waals surface area (Å²) in [6.45, 7) is 2.54. The summed E-state index contributed by atoms with van der Waals surface area (Å²) < 4.78 is 7.13. The summed E-state index contributed by atoms with van der Waals surface area (Å²) in [5.74, 6) is 0.554. The Morgan fingerprint density at radius 1 is 1.07 bits per heavy atom. The number of nitrogens with zero attached hydrogens (tertiary/aromatic N) is 2. The highest BCUT2D eigenvalue weighted by molar-refractivity contribution is 7.13. The van der Waals surface area contributed by atoms with Crippen molar-refractivity contribution in [2.24, 2.45) is 0 Å². The Bertz CT molecular complexity index is 1060. The van der Waals surface area contributed by atoms with Crippen LogP contribution in [0.4, 0.5) is 5.69 Å². The Morgan fingerprint density at radius 3 is 2.54 bits per heavy atom. The Kier molecular flexibility index (Phi) is 5.21. The molecule has 4 aromatic rings. The van der Waals surface area contributed by atoms with E-state index in [2.05, 4.69) is 10.4 Å². The lowest BCUT2D eigenvalue weighted by atomic mass is 10.2. The van der Waals surface area contributed by atoms with Crippen LogP contribution in [-0.4, -0.2) is 22.3 Å². The summed E-state index contributed by atoms with van der Waals surface area (Å²) in [5.41, 5.74) is 2.79. The Morgan fingerprint density at radius 2 is 1.86 bits per heavy atom. The van der Waals surface area contributed by atoms with Gasteiger partial charge in [0.05, 0.1) is 17.2 Å². The maximum absolute atomic E-state index is 13.0. The first kappa shape index (κ1) is 18.0. The van der Waals surface area contributed by atoms with E-state index in [-0.39, 0.29) is 5.91 Å². The number of anilines is 1. The van der Waals surface area contributed by atoms with Crippen molar-refractivity contribution in [3.8, 4) is 22.0 Å². The molecule has 4 rings (SSSR count). The fourth-order valence-electron chi connectivity index (χ4n) is 2.85. The third-order valence-corrected chi connectivity index (χ3v) is 5.03. The molecule has 0 aliphatic rings. The highest BCUT2D eigenvalue weighted by atomic mass is 32.1. The van der Waals surface area contributed by atoms with Gasteiger partial charge in [0, 0.05) is 5.69 Å². The number of benzene rings is 2. The number of hydrogen-bond acceptors (Lipinski definition) is 4. The average molecular weight is 389 g/mol. The van der Waals surface area contributed by atoms with Gasteiger partial charge in [-0.3, -0.25) is 4.79 Å². The number of carbonyl (C=O) groups is 1. The molecule has 0 aliphatic carbocycles. The molecule has 140 valence electrons. The molecule has 2 aromatic heterocycles. The van der Waals surface area contributed by atoms with Gasteiger partial charge in [-0.25, -0.2) is 4.68 Å². The van der Waals surface area contributed by atoms with Gasteiger partial charge in [-0.15, -0.1) is 11.3 Å². The second kappa shape index (κ2) is 8.10. The largest absolute Gasteiger partial charge is 0.494 e. The number of amides is 1. The van der Waals surface area contributed by atoms with E-state index in [9.17, 15) is 4.79 Å². The molecule has 5 nitrogen and oxygen atoms in total. The quantitative estimate of drug-likeness (QED) is 0.490. The molecule has 0 fully saturated rings. The van der Waals surface area contributed by atoms with Crippen molar-refractivity contribution in [2.75, 3.05) is 11.9 Å². The molecule has 0 aliphatic heterocycles. The summed E-state index contributed by atoms with van der Waals surface area (Å²) in [5, 5.41) is 9.61. The van der Waals surface area contributed by atoms with Gasteiger partial charge in [-0.1, -0.05) is 24.3 Å². The van der Waals surface area contributed by atoms with Crippen LogP contribution in [0.2, 0.25) is 0 Å². The normalized spacial score (nSPS) is 10.6. The smallest absolute Gasteiger partial charge is 0.274 e. The highest BCUT2D eigenvalue weighted by Gasteiger charge is 2.18. The lowest BCUT2D eigenvalue weighted by Crippen LogP contribution is -2.16. The molecule has 0 saturated carbocycles. The van der Waals surface area contributed by atoms with E-state index >= 15 is 0 Å². The van der Waals surface area contributed by atoms with Gasteiger partial charge in [-0.05, 0) is 60.8 Å². The van der Waals surface area contributed by atoms with Crippen molar-refractivity contribution in [2.45, 2.75) is 6.92 Å². The maximum Gasteiger partial charge on any atom is 0.274 e. The fraction of sp³-hybridized carbons (Fsp3) is 0.0909. The summed E-state index contributed by atoms with van der Waals surface area (Å²) in [6.07, 6.45) is 0. The van der Waals surface area contributed by atoms with Gasteiger partial charge in [0.15, 0.2) is 0 Å². The maximum atomic E-state index is 13.0. The Labute approximate surface area is 167 Å². The summed E-state index contributed by atoms with van der Waals surface area (Å²) in [7, 11) is 0. The van der Waals surface area contributed by atoms with Crippen molar-refractivity contribution in [1.82, 2.24) is 9.78 Å². The van der Waals surface area contributed by atoms with Gasteiger partial charge in [0.2, 0.25) is 0 Å². The van der Waals surface area contributed by atoms with Gasteiger partial charge >= 0.3 is 0 Å². The van der Waals surface area contributed by atoms with Gasteiger partial charge in [-0.2, -0.15) is 5.10 Å². The SMILES string of the molecule is CCOc1ccc(NC(=O)c2cc(-c3cccs3)nn2-c2ccccc2)cc1. The lowest BCUT2D eigenvalue weighted by molar-refractivity contribution is 0.101. The molecule has 0 saturated heterocycles. The zero-order chi connectivity index (χ0) is 19.3. The molecule has 0 unspecified atom stereocenters. The molecule has 0 radical (unpaired) electrons. The third-order valence-electron chi connectivity index (χ3n) is 4.14. The van der Waals surface area contributed by atoms with Crippen molar-refractivity contribution in [3.63, 3.8) is 0 Å². The van der Waals surface area contributed by atoms with Crippen LogP contribution in [0.1, 0.15) is 17.4 Å². The van der Waals surface area contributed by atoms with Crippen LogP contribution in [0, 0.1) is 0 Å². The van der Waals surface area contributed by atoms with E-state index in [1.165, 1.54) is 0 Å². The molecule has 28 heavy (non-hydrogen) atoms. The second-order valence-corrected chi connectivity index (χ2v) is 7.00. The van der Waals surface area contributed by atoms with E-state index in [1.807, 2.05) is 85.1 Å². The molecule has 1 N–H and O–H groups in total. The lowest BCUT2D eigenvalue weighted by Gasteiger charge is -2.09. The number of nitrogens with one attached hydrogen (secondary N) is 1. The topological polar surface area (TPSA) is 56.1 Å². The van der Waals surface area contributed by atoms with Crippen LogP contribution >= 0.6 is 11.3 Å². The Hall–Kier alpha value is -3.38. The standard InChI is InChI=1S/C22H19N3O2S/c1-2-27-18-12-10-16(11-13-18)23-22(26)20-15-19(21-9-6-14-28-21)24-25(20)17-7-4-3-5-8-17/h3-15H,2H2,1H3,(H,23,26). The molecule has 6 heteroatoms. The number of para-hydroxylation sites is 1. The first-order chi connectivity index (χ1) is 13.7. The average Bonchev–Trinajstić information content (AvgIpc) is 3.40. The van der Waals surface area contributed by atoms with Crippen LogP contribution in [-0.2, 0) is 0 Å². The summed E-state index contributed by atoms with van der Waals surface area (Å²) in [4.78, 5) is 14.0. The monoisotopic (exact) mass is 389 g/mol. The second-order valence-electron chi connectivity index (χ2n) is 6.05. The predicted molar refractivity (Wildman–Crippen MR) is 112 cm³/mol. The van der Waals surface area contributed by atoms with Gasteiger partial charge < -0.3 is 10.1 Å². The van der Waals surface area contributed by atoms with E-state index < -0.39 is 0 Å².